The van der Waals surface area contributed by atoms with Crippen molar-refractivity contribution in [3.8, 4) is 0 Å². The molecule has 0 radical (unpaired) electrons. The normalized spacial score (nSPS) is 17.7. The lowest BCUT2D eigenvalue weighted by Crippen LogP contribution is -2.33. The highest BCUT2D eigenvalue weighted by molar-refractivity contribution is 8.13. The van der Waals surface area contributed by atoms with Crippen LogP contribution in [0.15, 0.2) is 11.0 Å². The Morgan fingerprint density at radius 2 is 1.90 bits per heavy atom. The Balaban J connectivity index is 2.09. The number of hydrogen-bond acceptors (Lipinski definition) is 4. The van der Waals surface area contributed by atoms with Crippen molar-refractivity contribution in [3.05, 3.63) is 15.8 Å². The van der Waals surface area contributed by atoms with Crippen LogP contribution in [-0.2, 0) is 9.05 Å². The molecule has 1 aliphatic carbocycles. The smallest absolute Gasteiger partial charge is 0.262 e. The maximum atomic E-state index is 12.2. The lowest BCUT2D eigenvalue weighted by molar-refractivity contribution is 0.0937. The highest BCUT2D eigenvalue weighted by Gasteiger charge is 2.22. The standard InChI is InChI=1S/C13H18ClNO3S2/c1-9-12(20(14,17)18)8-11(19-9)13(16)15-10-6-4-2-3-5-7-10/h8,10H,2-7H2,1H3,(H,15,16). The summed E-state index contributed by atoms with van der Waals surface area (Å²) in [4.78, 5) is 13.2. The Labute approximate surface area is 127 Å². The third kappa shape index (κ3) is 3.96. The Kier molecular flexibility index (Phi) is 5.09. The summed E-state index contributed by atoms with van der Waals surface area (Å²) < 4.78 is 22.7. The van der Waals surface area contributed by atoms with Crippen LogP contribution < -0.4 is 5.32 Å². The van der Waals surface area contributed by atoms with Crippen LogP contribution in [0.4, 0.5) is 0 Å². The molecule has 0 spiro atoms. The van der Waals surface area contributed by atoms with Gasteiger partial charge in [-0.05, 0) is 25.8 Å². The van der Waals surface area contributed by atoms with Crippen molar-refractivity contribution in [1.82, 2.24) is 5.32 Å². The van der Waals surface area contributed by atoms with Gasteiger partial charge in [0, 0.05) is 21.6 Å². The lowest BCUT2D eigenvalue weighted by atomic mass is 10.1. The number of rotatable bonds is 3. The SMILES string of the molecule is Cc1sc(C(=O)NC2CCCCCC2)cc1S(=O)(=O)Cl. The largest absolute Gasteiger partial charge is 0.349 e. The zero-order valence-corrected chi connectivity index (χ0v) is 13.7. The van der Waals surface area contributed by atoms with Crippen LogP contribution in [0.5, 0.6) is 0 Å². The van der Waals surface area contributed by atoms with E-state index in [4.69, 9.17) is 10.7 Å². The van der Waals surface area contributed by atoms with E-state index in [-0.39, 0.29) is 16.8 Å². The molecule has 1 aromatic heterocycles. The summed E-state index contributed by atoms with van der Waals surface area (Å²) in [6.45, 7) is 1.66. The molecule has 7 heteroatoms. The number of carbonyl (C=O) groups is 1. The summed E-state index contributed by atoms with van der Waals surface area (Å²) in [7, 11) is 1.56. The molecule has 0 aliphatic heterocycles. The predicted molar refractivity (Wildman–Crippen MR) is 81.1 cm³/mol. The summed E-state index contributed by atoms with van der Waals surface area (Å²) in [6, 6.07) is 1.57. The summed E-state index contributed by atoms with van der Waals surface area (Å²) >= 11 is 1.17. The van der Waals surface area contributed by atoms with Gasteiger partial charge in [0.05, 0.1) is 9.77 Å². The van der Waals surface area contributed by atoms with Crippen LogP contribution in [0.25, 0.3) is 0 Å². The second-order valence-electron chi connectivity index (χ2n) is 5.13. The molecule has 1 aliphatic rings. The van der Waals surface area contributed by atoms with Crippen LogP contribution in [0.2, 0.25) is 0 Å². The predicted octanol–water partition coefficient (Wildman–Crippen LogP) is 3.44. The molecule has 1 amide bonds. The molecule has 1 saturated carbocycles. The van der Waals surface area contributed by atoms with Crippen molar-refractivity contribution < 1.29 is 13.2 Å². The second kappa shape index (κ2) is 6.45. The van der Waals surface area contributed by atoms with Crippen LogP contribution in [0.1, 0.15) is 53.1 Å². The Morgan fingerprint density at radius 1 is 1.30 bits per heavy atom. The van der Waals surface area contributed by atoms with Gasteiger partial charge in [-0.2, -0.15) is 0 Å². The molecule has 0 bridgehead atoms. The first-order valence-corrected chi connectivity index (χ1v) is 9.86. The molecule has 1 fully saturated rings. The first-order chi connectivity index (χ1) is 9.38. The molecule has 0 atom stereocenters. The summed E-state index contributed by atoms with van der Waals surface area (Å²) in [5, 5.41) is 3.00. The molecule has 2 rings (SSSR count). The number of amides is 1. The molecule has 1 N–H and O–H groups in total. The fourth-order valence-corrected chi connectivity index (χ4v) is 5.07. The molecular formula is C13H18ClNO3S2. The van der Waals surface area contributed by atoms with Crippen molar-refractivity contribution in [2.75, 3.05) is 0 Å². The van der Waals surface area contributed by atoms with Gasteiger partial charge in [0.25, 0.3) is 15.0 Å². The van der Waals surface area contributed by atoms with E-state index in [0.29, 0.717) is 9.75 Å². The van der Waals surface area contributed by atoms with Crippen LogP contribution in [-0.4, -0.2) is 20.4 Å². The third-order valence-electron chi connectivity index (χ3n) is 3.55. The minimum Gasteiger partial charge on any atom is -0.349 e. The van der Waals surface area contributed by atoms with Gasteiger partial charge in [-0.15, -0.1) is 11.3 Å². The first kappa shape index (κ1) is 15.8. The number of carbonyl (C=O) groups excluding carboxylic acids is 1. The van der Waals surface area contributed by atoms with E-state index in [1.54, 1.807) is 6.92 Å². The molecule has 1 aromatic rings. The molecular weight excluding hydrogens is 318 g/mol. The van der Waals surface area contributed by atoms with Crippen LogP contribution in [0, 0.1) is 6.92 Å². The number of halogens is 1. The number of thiophene rings is 1. The Morgan fingerprint density at radius 3 is 2.40 bits per heavy atom. The molecule has 112 valence electrons. The van der Waals surface area contributed by atoms with Gasteiger partial charge in [-0.3, -0.25) is 4.79 Å². The van der Waals surface area contributed by atoms with Gasteiger partial charge in [0.1, 0.15) is 0 Å². The maximum Gasteiger partial charge on any atom is 0.262 e. The van der Waals surface area contributed by atoms with Crippen molar-refractivity contribution in [1.29, 1.82) is 0 Å². The van der Waals surface area contributed by atoms with E-state index in [2.05, 4.69) is 5.32 Å². The van der Waals surface area contributed by atoms with E-state index in [1.807, 2.05) is 0 Å². The third-order valence-corrected chi connectivity index (χ3v) is 6.18. The van der Waals surface area contributed by atoms with Crippen molar-refractivity contribution in [2.45, 2.75) is 56.4 Å². The number of nitrogens with one attached hydrogen (secondary N) is 1. The van der Waals surface area contributed by atoms with Crippen LogP contribution in [0.3, 0.4) is 0 Å². The minimum atomic E-state index is -3.78. The summed E-state index contributed by atoms with van der Waals surface area (Å²) in [5.41, 5.74) is 0. The fourth-order valence-electron chi connectivity index (χ4n) is 2.50. The lowest BCUT2D eigenvalue weighted by Gasteiger charge is -2.15. The Bertz CT molecular complexity index is 587. The highest BCUT2D eigenvalue weighted by Crippen LogP contribution is 2.28. The van der Waals surface area contributed by atoms with Crippen molar-refractivity contribution in [2.24, 2.45) is 0 Å². The highest BCUT2D eigenvalue weighted by atomic mass is 35.7. The monoisotopic (exact) mass is 335 g/mol. The minimum absolute atomic E-state index is 0.0372. The molecule has 0 saturated heterocycles. The van der Waals surface area contributed by atoms with E-state index in [9.17, 15) is 13.2 Å². The topological polar surface area (TPSA) is 63.2 Å². The Hall–Kier alpha value is -0.590. The van der Waals surface area contributed by atoms with E-state index in [1.165, 1.54) is 30.2 Å². The quantitative estimate of drug-likeness (QED) is 0.679. The van der Waals surface area contributed by atoms with Gasteiger partial charge in [0.15, 0.2) is 0 Å². The second-order valence-corrected chi connectivity index (χ2v) is 8.92. The number of hydrogen-bond donors (Lipinski definition) is 1. The molecule has 0 aromatic carbocycles. The van der Waals surface area contributed by atoms with E-state index < -0.39 is 9.05 Å². The van der Waals surface area contributed by atoms with Gasteiger partial charge in [0.2, 0.25) is 0 Å². The van der Waals surface area contributed by atoms with Crippen LogP contribution >= 0.6 is 22.0 Å². The molecule has 20 heavy (non-hydrogen) atoms. The van der Waals surface area contributed by atoms with Gasteiger partial charge < -0.3 is 5.32 Å². The van der Waals surface area contributed by atoms with Crippen molar-refractivity contribution in [3.63, 3.8) is 0 Å². The van der Waals surface area contributed by atoms with Gasteiger partial charge in [-0.1, -0.05) is 25.7 Å². The average Bonchev–Trinajstić information content (AvgIpc) is 2.58. The number of aryl methyl sites for hydroxylation is 1. The van der Waals surface area contributed by atoms with Gasteiger partial charge in [-0.25, -0.2) is 8.42 Å². The maximum absolute atomic E-state index is 12.2. The fraction of sp³-hybridized carbons (Fsp3) is 0.615. The van der Waals surface area contributed by atoms with E-state index >= 15 is 0 Å². The van der Waals surface area contributed by atoms with E-state index in [0.717, 1.165) is 25.7 Å². The molecule has 1 heterocycles. The summed E-state index contributed by atoms with van der Waals surface area (Å²) in [6.07, 6.45) is 6.71. The first-order valence-electron chi connectivity index (χ1n) is 6.74. The summed E-state index contributed by atoms with van der Waals surface area (Å²) in [5.74, 6) is -0.198. The molecule has 4 nitrogen and oxygen atoms in total. The van der Waals surface area contributed by atoms with Crippen molar-refractivity contribution >= 4 is 37.0 Å². The zero-order valence-electron chi connectivity index (χ0n) is 11.3. The van der Waals surface area contributed by atoms with Gasteiger partial charge >= 0.3 is 0 Å². The zero-order chi connectivity index (χ0) is 14.8. The average molecular weight is 336 g/mol. The molecule has 0 unspecified atom stereocenters.